The number of methoxy groups -OCH3 is 1. The zero-order valence-electron chi connectivity index (χ0n) is 9.66. The van der Waals surface area contributed by atoms with Crippen LogP contribution in [0.25, 0.3) is 0 Å². The van der Waals surface area contributed by atoms with E-state index in [-0.39, 0.29) is 12.2 Å². The molecular weight excluding hydrogens is 244 g/mol. The number of benzene rings is 1. The molecule has 0 aromatic heterocycles. The maximum atomic E-state index is 11.6. The number of ether oxygens (including phenoxy) is 2. The molecule has 0 bridgehead atoms. The van der Waals surface area contributed by atoms with Gasteiger partial charge in [-0.1, -0.05) is 11.6 Å². The second kappa shape index (κ2) is 6.25. The largest absolute Gasteiger partial charge is 0.492 e. The van der Waals surface area contributed by atoms with Crippen molar-refractivity contribution in [2.75, 3.05) is 13.7 Å². The summed E-state index contributed by atoms with van der Waals surface area (Å²) in [6, 6.07) is 4.66. The monoisotopic (exact) mass is 256 g/mol. The summed E-state index contributed by atoms with van der Waals surface area (Å²) in [5.74, 6) is -0.384. The van der Waals surface area contributed by atoms with Crippen molar-refractivity contribution in [2.24, 2.45) is 0 Å². The molecule has 0 saturated heterocycles. The average molecular weight is 257 g/mol. The predicted octanol–water partition coefficient (Wildman–Crippen LogP) is 2.48. The highest BCUT2D eigenvalue weighted by molar-refractivity contribution is 6.32. The Bertz CT molecular complexity index is 429. The van der Waals surface area contributed by atoms with E-state index in [9.17, 15) is 9.59 Å². The van der Waals surface area contributed by atoms with Gasteiger partial charge in [-0.05, 0) is 25.1 Å². The number of carbonyl (C=O) groups excluding carboxylic acids is 2. The Kier molecular flexibility index (Phi) is 4.97. The van der Waals surface area contributed by atoms with E-state index in [1.807, 2.05) is 6.92 Å². The first-order valence-electron chi connectivity index (χ1n) is 5.10. The molecule has 1 aromatic rings. The fourth-order valence-electron chi connectivity index (χ4n) is 1.25. The normalized spacial score (nSPS) is 9.82. The van der Waals surface area contributed by atoms with Gasteiger partial charge in [-0.25, -0.2) is 0 Å². The summed E-state index contributed by atoms with van der Waals surface area (Å²) < 4.78 is 9.66. The first-order chi connectivity index (χ1) is 8.08. The Morgan fingerprint density at radius 3 is 2.59 bits per heavy atom. The molecule has 1 aromatic carbocycles. The first kappa shape index (κ1) is 13.5. The van der Waals surface area contributed by atoms with Crippen LogP contribution in [0.3, 0.4) is 0 Å². The highest BCUT2D eigenvalue weighted by Gasteiger charge is 2.13. The van der Waals surface area contributed by atoms with Crippen LogP contribution in [-0.2, 0) is 9.53 Å². The minimum atomic E-state index is -0.569. The molecular formula is C12H13ClO4. The fourth-order valence-corrected chi connectivity index (χ4v) is 1.49. The molecule has 4 nitrogen and oxygen atoms in total. The van der Waals surface area contributed by atoms with Gasteiger partial charge in [0.05, 0.1) is 18.7 Å². The highest BCUT2D eigenvalue weighted by Crippen LogP contribution is 2.25. The Balaban J connectivity index is 2.82. The van der Waals surface area contributed by atoms with Crippen molar-refractivity contribution in [1.82, 2.24) is 0 Å². The van der Waals surface area contributed by atoms with Crippen LogP contribution < -0.4 is 4.74 Å². The molecule has 0 heterocycles. The summed E-state index contributed by atoms with van der Waals surface area (Å²) in [6.07, 6.45) is -0.291. The molecule has 0 saturated carbocycles. The van der Waals surface area contributed by atoms with E-state index in [0.717, 1.165) is 0 Å². The molecule has 0 fully saturated rings. The number of ketones is 1. The van der Waals surface area contributed by atoms with Gasteiger partial charge >= 0.3 is 5.97 Å². The van der Waals surface area contributed by atoms with Gasteiger partial charge in [0.2, 0.25) is 0 Å². The Hall–Kier alpha value is -1.55. The highest BCUT2D eigenvalue weighted by atomic mass is 35.5. The molecule has 0 aliphatic carbocycles. The zero-order chi connectivity index (χ0) is 12.8. The summed E-state index contributed by atoms with van der Waals surface area (Å²) in [4.78, 5) is 22.6. The Morgan fingerprint density at radius 1 is 1.35 bits per heavy atom. The van der Waals surface area contributed by atoms with Crippen LogP contribution in [0.4, 0.5) is 0 Å². The van der Waals surface area contributed by atoms with E-state index in [4.69, 9.17) is 16.3 Å². The third-order valence-electron chi connectivity index (χ3n) is 2.09. The second-order valence-electron chi connectivity index (χ2n) is 3.25. The molecule has 0 atom stereocenters. The number of hydrogen-bond donors (Lipinski definition) is 0. The van der Waals surface area contributed by atoms with Crippen molar-refractivity contribution in [3.8, 4) is 5.75 Å². The van der Waals surface area contributed by atoms with E-state index in [0.29, 0.717) is 22.9 Å². The van der Waals surface area contributed by atoms with E-state index < -0.39 is 5.97 Å². The summed E-state index contributed by atoms with van der Waals surface area (Å²) in [6.45, 7) is 2.34. The lowest BCUT2D eigenvalue weighted by molar-refractivity contribution is -0.139. The number of carbonyl (C=O) groups is 2. The summed E-state index contributed by atoms with van der Waals surface area (Å²) >= 11 is 5.93. The third kappa shape index (κ3) is 3.75. The van der Waals surface area contributed by atoms with E-state index in [1.54, 1.807) is 12.1 Å². The van der Waals surface area contributed by atoms with Gasteiger partial charge < -0.3 is 9.47 Å². The number of halogens is 1. The molecule has 0 unspecified atom stereocenters. The van der Waals surface area contributed by atoms with E-state index in [2.05, 4.69) is 4.74 Å². The predicted molar refractivity (Wildman–Crippen MR) is 63.6 cm³/mol. The molecule has 92 valence electrons. The van der Waals surface area contributed by atoms with Crippen LogP contribution in [0.15, 0.2) is 18.2 Å². The summed E-state index contributed by atoms with van der Waals surface area (Å²) in [5, 5.41) is 0.350. The lowest BCUT2D eigenvalue weighted by atomic mass is 10.1. The van der Waals surface area contributed by atoms with Gasteiger partial charge in [0, 0.05) is 5.56 Å². The molecule has 0 aliphatic rings. The van der Waals surface area contributed by atoms with Gasteiger partial charge in [-0.3, -0.25) is 9.59 Å². The SMILES string of the molecule is CCOc1ccc(C(=O)CC(=O)OC)cc1Cl. The topological polar surface area (TPSA) is 52.6 Å². The maximum absolute atomic E-state index is 11.6. The summed E-state index contributed by atoms with van der Waals surface area (Å²) in [7, 11) is 1.24. The van der Waals surface area contributed by atoms with Crippen LogP contribution >= 0.6 is 11.6 Å². The minimum Gasteiger partial charge on any atom is -0.492 e. The number of hydrogen-bond acceptors (Lipinski definition) is 4. The van der Waals surface area contributed by atoms with Crippen molar-refractivity contribution in [3.63, 3.8) is 0 Å². The lowest BCUT2D eigenvalue weighted by Crippen LogP contribution is -2.09. The molecule has 17 heavy (non-hydrogen) atoms. The molecule has 0 radical (unpaired) electrons. The van der Waals surface area contributed by atoms with Crippen LogP contribution in [-0.4, -0.2) is 25.5 Å². The van der Waals surface area contributed by atoms with Gasteiger partial charge in [0.25, 0.3) is 0 Å². The van der Waals surface area contributed by atoms with Crippen LogP contribution in [0.1, 0.15) is 23.7 Å². The average Bonchev–Trinajstić information content (AvgIpc) is 2.31. The molecule has 5 heteroatoms. The van der Waals surface area contributed by atoms with Gasteiger partial charge in [-0.2, -0.15) is 0 Å². The molecule has 0 aliphatic heterocycles. The van der Waals surface area contributed by atoms with Crippen LogP contribution in [0.2, 0.25) is 5.02 Å². The fraction of sp³-hybridized carbons (Fsp3) is 0.333. The Labute approximate surface area is 104 Å². The molecule has 0 spiro atoms. The maximum Gasteiger partial charge on any atom is 0.313 e. The molecule has 0 N–H and O–H groups in total. The van der Waals surface area contributed by atoms with Gasteiger partial charge in [0.15, 0.2) is 5.78 Å². The van der Waals surface area contributed by atoms with Gasteiger partial charge in [-0.15, -0.1) is 0 Å². The summed E-state index contributed by atoms with van der Waals surface area (Å²) in [5.41, 5.74) is 0.365. The van der Waals surface area contributed by atoms with E-state index >= 15 is 0 Å². The van der Waals surface area contributed by atoms with E-state index in [1.165, 1.54) is 13.2 Å². The lowest BCUT2D eigenvalue weighted by Gasteiger charge is -2.06. The smallest absolute Gasteiger partial charge is 0.313 e. The van der Waals surface area contributed by atoms with Crippen molar-refractivity contribution >= 4 is 23.4 Å². The molecule has 1 rings (SSSR count). The molecule has 0 amide bonds. The van der Waals surface area contributed by atoms with Crippen LogP contribution in [0.5, 0.6) is 5.75 Å². The van der Waals surface area contributed by atoms with Crippen molar-refractivity contribution < 1.29 is 19.1 Å². The third-order valence-corrected chi connectivity index (χ3v) is 2.38. The quantitative estimate of drug-likeness (QED) is 0.461. The van der Waals surface area contributed by atoms with Crippen LogP contribution in [0, 0.1) is 0 Å². The first-order valence-corrected chi connectivity index (χ1v) is 5.48. The van der Waals surface area contributed by atoms with Gasteiger partial charge in [0.1, 0.15) is 12.2 Å². The minimum absolute atomic E-state index is 0.291. The zero-order valence-corrected chi connectivity index (χ0v) is 10.4. The van der Waals surface area contributed by atoms with Crippen molar-refractivity contribution in [2.45, 2.75) is 13.3 Å². The standard InChI is InChI=1S/C12H13ClO4/c1-3-17-11-5-4-8(6-9(11)13)10(14)7-12(15)16-2/h4-6H,3,7H2,1-2H3. The van der Waals surface area contributed by atoms with Crippen molar-refractivity contribution in [3.05, 3.63) is 28.8 Å². The van der Waals surface area contributed by atoms with Crippen molar-refractivity contribution in [1.29, 1.82) is 0 Å². The second-order valence-corrected chi connectivity index (χ2v) is 3.66. The Morgan fingerprint density at radius 2 is 2.06 bits per heavy atom. The number of rotatable bonds is 5. The number of esters is 1. The number of Topliss-reactive ketones (excluding diaryl/α,β-unsaturated/α-hetero) is 1.